The van der Waals surface area contributed by atoms with E-state index in [-0.39, 0.29) is 13.0 Å². The Kier molecular flexibility index (Phi) is 5.73. The standard InChI is InChI=1S/C18H19F3N2O5/c1-10-3-2-4-11(5-10)9-27-13-6-15(28-14(13)8-24)23-7-12(18(19,20)21)16(25)22-17(23)26/h2-5,7,13-15,24H,6,8-9H2,1H3,(H,22,25,26)/t13-,14+,15+/m0/s1. The summed E-state index contributed by atoms with van der Waals surface area (Å²) < 4.78 is 50.8. The van der Waals surface area contributed by atoms with Gasteiger partial charge in [-0.1, -0.05) is 29.8 Å². The molecular weight excluding hydrogens is 381 g/mol. The van der Waals surface area contributed by atoms with E-state index in [0.29, 0.717) is 10.8 Å². The predicted molar refractivity (Wildman–Crippen MR) is 91.7 cm³/mol. The molecule has 2 N–H and O–H groups in total. The molecule has 0 amide bonds. The molecule has 1 fully saturated rings. The number of benzene rings is 1. The largest absolute Gasteiger partial charge is 0.423 e. The number of aliphatic hydroxyl groups excluding tert-OH is 1. The smallest absolute Gasteiger partial charge is 0.394 e. The van der Waals surface area contributed by atoms with Crippen LogP contribution >= 0.6 is 0 Å². The molecule has 1 aromatic carbocycles. The molecule has 2 aromatic rings. The number of aliphatic hydroxyl groups is 1. The average molecular weight is 400 g/mol. The number of H-pyrrole nitrogens is 1. The van der Waals surface area contributed by atoms with E-state index in [0.717, 1.165) is 11.1 Å². The third-order valence-electron chi connectivity index (χ3n) is 4.49. The van der Waals surface area contributed by atoms with Crippen LogP contribution in [0.4, 0.5) is 13.2 Å². The first-order chi connectivity index (χ1) is 13.2. The van der Waals surface area contributed by atoms with Crippen LogP contribution < -0.4 is 11.2 Å². The van der Waals surface area contributed by atoms with E-state index in [1.165, 1.54) is 0 Å². The molecule has 0 unspecified atom stereocenters. The zero-order valence-corrected chi connectivity index (χ0v) is 14.9. The molecule has 3 rings (SSSR count). The normalized spacial score (nSPS) is 22.5. The fourth-order valence-electron chi connectivity index (χ4n) is 3.12. The summed E-state index contributed by atoms with van der Waals surface area (Å²) in [5, 5.41) is 9.51. The van der Waals surface area contributed by atoms with E-state index in [4.69, 9.17) is 9.47 Å². The van der Waals surface area contributed by atoms with Gasteiger partial charge in [0, 0.05) is 12.6 Å². The molecule has 1 saturated heterocycles. The van der Waals surface area contributed by atoms with Crippen molar-refractivity contribution >= 4 is 0 Å². The van der Waals surface area contributed by atoms with Crippen LogP contribution in [-0.2, 0) is 22.3 Å². The van der Waals surface area contributed by atoms with Crippen molar-refractivity contribution in [2.24, 2.45) is 0 Å². The highest BCUT2D eigenvalue weighted by atomic mass is 19.4. The minimum Gasteiger partial charge on any atom is -0.394 e. The fraction of sp³-hybridized carbons (Fsp3) is 0.444. The zero-order chi connectivity index (χ0) is 20.5. The Labute approximate surface area is 157 Å². The minimum atomic E-state index is -4.92. The topological polar surface area (TPSA) is 93.6 Å². The van der Waals surface area contributed by atoms with Crippen LogP contribution in [0.3, 0.4) is 0 Å². The van der Waals surface area contributed by atoms with Gasteiger partial charge in [-0.25, -0.2) is 4.79 Å². The van der Waals surface area contributed by atoms with Gasteiger partial charge < -0.3 is 14.6 Å². The maximum atomic E-state index is 13.0. The monoisotopic (exact) mass is 400 g/mol. The number of alkyl halides is 3. The maximum Gasteiger partial charge on any atom is 0.423 e. The highest BCUT2D eigenvalue weighted by Crippen LogP contribution is 2.32. The Morgan fingerprint density at radius 2 is 2.11 bits per heavy atom. The summed E-state index contributed by atoms with van der Waals surface area (Å²) in [7, 11) is 0. The number of aromatic amines is 1. The molecule has 3 atom stereocenters. The van der Waals surface area contributed by atoms with Gasteiger partial charge >= 0.3 is 11.9 Å². The first-order valence-corrected chi connectivity index (χ1v) is 8.55. The molecule has 1 aliphatic heterocycles. The highest BCUT2D eigenvalue weighted by Gasteiger charge is 2.39. The van der Waals surface area contributed by atoms with E-state index >= 15 is 0 Å². The number of ether oxygens (including phenoxy) is 2. The summed E-state index contributed by atoms with van der Waals surface area (Å²) in [6.07, 6.45) is -7.00. The summed E-state index contributed by atoms with van der Waals surface area (Å²) in [5.74, 6) is 0. The summed E-state index contributed by atoms with van der Waals surface area (Å²) >= 11 is 0. The number of halogens is 3. The van der Waals surface area contributed by atoms with Gasteiger partial charge in [-0.3, -0.25) is 14.3 Å². The Balaban J connectivity index is 1.80. The lowest BCUT2D eigenvalue weighted by Crippen LogP contribution is -2.36. The van der Waals surface area contributed by atoms with E-state index in [2.05, 4.69) is 0 Å². The number of aromatic nitrogens is 2. The van der Waals surface area contributed by atoms with Gasteiger partial charge in [0.2, 0.25) is 0 Å². The van der Waals surface area contributed by atoms with Crippen molar-refractivity contribution in [1.82, 2.24) is 9.55 Å². The van der Waals surface area contributed by atoms with E-state index in [1.54, 1.807) is 4.98 Å². The zero-order valence-electron chi connectivity index (χ0n) is 14.9. The fourth-order valence-corrected chi connectivity index (χ4v) is 3.12. The molecule has 10 heteroatoms. The van der Waals surface area contributed by atoms with Crippen molar-refractivity contribution in [3.63, 3.8) is 0 Å². The first kappa shape index (κ1) is 20.3. The summed E-state index contributed by atoms with van der Waals surface area (Å²) in [6, 6.07) is 7.57. The van der Waals surface area contributed by atoms with Crippen LogP contribution in [0.2, 0.25) is 0 Å². The van der Waals surface area contributed by atoms with Gasteiger partial charge in [-0.05, 0) is 12.5 Å². The number of nitrogens with zero attached hydrogens (tertiary/aromatic N) is 1. The van der Waals surface area contributed by atoms with E-state index in [9.17, 15) is 27.9 Å². The number of nitrogens with one attached hydrogen (secondary N) is 1. The Morgan fingerprint density at radius 1 is 1.36 bits per heavy atom. The van der Waals surface area contributed by atoms with Crippen molar-refractivity contribution in [1.29, 1.82) is 0 Å². The molecule has 0 spiro atoms. The highest BCUT2D eigenvalue weighted by molar-refractivity contribution is 5.21. The van der Waals surface area contributed by atoms with Crippen molar-refractivity contribution < 1.29 is 27.8 Å². The lowest BCUT2D eigenvalue weighted by Gasteiger charge is -2.17. The second-order valence-corrected chi connectivity index (χ2v) is 6.59. The first-order valence-electron chi connectivity index (χ1n) is 8.55. The van der Waals surface area contributed by atoms with Crippen molar-refractivity contribution in [3.8, 4) is 0 Å². The molecule has 0 radical (unpaired) electrons. The third-order valence-corrected chi connectivity index (χ3v) is 4.49. The van der Waals surface area contributed by atoms with Crippen molar-refractivity contribution in [3.05, 3.63) is 68.0 Å². The number of hydrogen-bond donors (Lipinski definition) is 2. The van der Waals surface area contributed by atoms with Gasteiger partial charge in [0.1, 0.15) is 17.9 Å². The Bertz CT molecular complexity index is 953. The summed E-state index contributed by atoms with van der Waals surface area (Å²) in [4.78, 5) is 25.1. The molecule has 0 aliphatic carbocycles. The molecular formula is C18H19F3N2O5. The number of rotatable bonds is 5. The minimum absolute atomic E-state index is 0.0420. The van der Waals surface area contributed by atoms with Crippen molar-refractivity contribution in [2.45, 2.75) is 44.6 Å². The van der Waals surface area contributed by atoms with Gasteiger partial charge in [-0.15, -0.1) is 0 Å². The second kappa shape index (κ2) is 7.90. The molecule has 0 bridgehead atoms. The van der Waals surface area contributed by atoms with Crippen LogP contribution in [0.15, 0.2) is 40.1 Å². The third kappa shape index (κ3) is 4.34. The molecule has 152 valence electrons. The molecule has 0 saturated carbocycles. The van der Waals surface area contributed by atoms with E-state index in [1.807, 2.05) is 31.2 Å². The van der Waals surface area contributed by atoms with Gasteiger partial charge in [0.15, 0.2) is 0 Å². The van der Waals surface area contributed by atoms with Gasteiger partial charge in [0.05, 0.1) is 19.3 Å². The molecule has 2 heterocycles. The number of hydrogen-bond acceptors (Lipinski definition) is 5. The molecule has 1 aromatic heterocycles. The van der Waals surface area contributed by atoms with E-state index < -0.39 is 48.0 Å². The molecule has 7 nitrogen and oxygen atoms in total. The maximum absolute atomic E-state index is 13.0. The number of aryl methyl sites for hydroxylation is 1. The molecule has 1 aliphatic rings. The van der Waals surface area contributed by atoms with Crippen LogP contribution in [0, 0.1) is 6.92 Å². The van der Waals surface area contributed by atoms with Crippen LogP contribution in [0.25, 0.3) is 0 Å². The van der Waals surface area contributed by atoms with Crippen LogP contribution in [0.5, 0.6) is 0 Å². The second-order valence-electron chi connectivity index (χ2n) is 6.59. The SMILES string of the molecule is Cc1cccc(CO[C@H]2C[C@H](n3cc(C(F)(F)F)c(=O)[nH]c3=O)O[C@@H]2CO)c1. The van der Waals surface area contributed by atoms with Gasteiger partial charge in [-0.2, -0.15) is 13.2 Å². The Hall–Kier alpha value is -2.43. The quantitative estimate of drug-likeness (QED) is 0.797. The average Bonchev–Trinajstić information content (AvgIpc) is 3.02. The lowest BCUT2D eigenvalue weighted by molar-refractivity contribution is -0.139. The Morgan fingerprint density at radius 3 is 2.75 bits per heavy atom. The molecule has 28 heavy (non-hydrogen) atoms. The predicted octanol–water partition coefficient (Wildman–Crippen LogP) is 1.73. The summed E-state index contributed by atoms with van der Waals surface area (Å²) in [5.41, 5.74) is -2.11. The van der Waals surface area contributed by atoms with Crippen molar-refractivity contribution in [2.75, 3.05) is 6.61 Å². The van der Waals surface area contributed by atoms with Gasteiger partial charge in [0.25, 0.3) is 5.56 Å². The van der Waals surface area contributed by atoms with Crippen LogP contribution in [-0.4, -0.2) is 33.5 Å². The van der Waals surface area contributed by atoms with Crippen LogP contribution in [0.1, 0.15) is 29.3 Å². The summed E-state index contributed by atoms with van der Waals surface area (Å²) in [6.45, 7) is 1.71. The lowest BCUT2D eigenvalue weighted by atomic mass is 10.1.